The van der Waals surface area contributed by atoms with E-state index in [9.17, 15) is 4.79 Å². The lowest BCUT2D eigenvalue weighted by molar-refractivity contribution is -0.135. The first kappa shape index (κ1) is 11.8. The molecule has 2 aliphatic rings. The number of hydrogen-bond acceptors (Lipinski definition) is 4. The van der Waals surface area contributed by atoms with Crippen molar-refractivity contribution in [2.24, 2.45) is 11.3 Å². The third-order valence-electron chi connectivity index (χ3n) is 4.05. The van der Waals surface area contributed by atoms with Crippen LogP contribution in [-0.2, 0) is 9.63 Å². The van der Waals surface area contributed by atoms with Gasteiger partial charge >= 0.3 is 0 Å². The van der Waals surface area contributed by atoms with Gasteiger partial charge in [0, 0.05) is 13.1 Å². The fraction of sp³-hybridized carbons (Fsp3) is 0.909. The SMILES string of the molecule is CN1CCC2(CC1)CCN(C(=O)CON)C2. The van der Waals surface area contributed by atoms with Crippen molar-refractivity contribution >= 4 is 5.91 Å². The van der Waals surface area contributed by atoms with Gasteiger partial charge in [-0.25, -0.2) is 5.90 Å². The first-order chi connectivity index (χ1) is 7.65. The number of carbonyl (C=O) groups excluding carboxylic acids is 1. The maximum atomic E-state index is 11.6. The molecular weight excluding hydrogens is 206 g/mol. The summed E-state index contributed by atoms with van der Waals surface area (Å²) in [5.74, 6) is 4.96. The molecule has 0 unspecified atom stereocenters. The summed E-state index contributed by atoms with van der Waals surface area (Å²) in [6.45, 7) is 4.07. The highest BCUT2D eigenvalue weighted by molar-refractivity contribution is 5.77. The van der Waals surface area contributed by atoms with Gasteiger partial charge in [0.25, 0.3) is 5.91 Å². The van der Waals surface area contributed by atoms with Crippen molar-refractivity contribution in [3.63, 3.8) is 0 Å². The minimum absolute atomic E-state index is 0.00990. The largest absolute Gasteiger partial charge is 0.340 e. The van der Waals surface area contributed by atoms with Crippen LogP contribution < -0.4 is 5.90 Å². The summed E-state index contributed by atoms with van der Waals surface area (Å²) < 4.78 is 0. The number of nitrogens with zero attached hydrogens (tertiary/aromatic N) is 2. The van der Waals surface area contributed by atoms with Gasteiger partial charge in [0.15, 0.2) is 0 Å². The van der Waals surface area contributed by atoms with E-state index in [1.54, 1.807) is 0 Å². The number of amides is 1. The van der Waals surface area contributed by atoms with Gasteiger partial charge in [-0.3, -0.25) is 9.63 Å². The molecule has 0 aromatic heterocycles. The Labute approximate surface area is 96.5 Å². The number of rotatable bonds is 2. The van der Waals surface area contributed by atoms with Crippen LogP contribution in [0.3, 0.4) is 0 Å². The second kappa shape index (κ2) is 4.69. The van der Waals surface area contributed by atoms with Crippen molar-refractivity contribution in [1.29, 1.82) is 0 Å². The average Bonchev–Trinajstić information content (AvgIpc) is 2.68. The smallest absolute Gasteiger partial charge is 0.250 e. The van der Waals surface area contributed by atoms with Crippen molar-refractivity contribution in [2.75, 3.05) is 39.8 Å². The minimum atomic E-state index is 0.00990. The van der Waals surface area contributed by atoms with E-state index in [0.717, 1.165) is 32.6 Å². The number of hydrogen-bond donors (Lipinski definition) is 1. The normalized spacial score (nSPS) is 25.2. The molecule has 0 aromatic carbocycles. The second-order valence-electron chi connectivity index (χ2n) is 5.18. The molecule has 0 saturated carbocycles. The van der Waals surface area contributed by atoms with E-state index in [1.165, 1.54) is 12.8 Å². The molecule has 2 fully saturated rings. The third kappa shape index (κ3) is 2.36. The zero-order valence-corrected chi connectivity index (χ0v) is 9.95. The first-order valence-electron chi connectivity index (χ1n) is 5.93. The fourth-order valence-corrected chi connectivity index (χ4v) is 2.81. The average molecular weight is 227 g/mol. The zero-order valence-electron chi connectivity index (χ0n) is 9.95. The van der Waals surface area contributed by atoms with Crippen molar-refractivity contribution < 1.29 is 9.63 Å². The molecule has 2 saturated heterocycles. The van der Waals surface area contributed by atoms with Gasteiger partial charge in [0.05, 0.1) is 0 Å². The van der Waals surface area contributed by atoms with Gasteiger partial charge in [0.1, 0.15) is 6.61 Å². The highest BCUT2D eigenvalue weighted by atomic mass is 16.6. The molecule has 0 aromatic rings. The molecule has 16 heavy (non-hydrogen) atoms. The third-order valence-corrected chi connectivity index (χ3v) is 4.05. The van der Waals surface area contributed by atoms with Gasteiger partial charge < -0.3 is 9.80 Å². The van der Waals surface area contributed by atoms with Crippen LogP contribution in [0.15, 0.2) is 0 Å². The standard InChI is InChI=1S/C11H21N3O2/c1-13-5-2-11(3-6-13)4-7-14(9-11)10(15)8-16-12/h2-9,12H2,1H3. The molecule has 2 aliphatic heterocycles. The van der Waals surface area contributed by atoms with Gasteiger partial charge in [-0.05, 0) is 44.8 Å². The maximum absolute atomic E-state index is 11.6. The summed E-state index contributed by atoms with van der Waals surface area (Å²) in [6, 6.07) is 0. The lowest BCUT2D eigenvalue weighted by atomic mass is 9.78. The van der Waals surface area contributed by atoms with Crippen molar-refractivity contribution in [3.05, 3.63) is 0 Å². The summed E-state index contributed by atoms with van der Waals surface area (Å²) >= 11 is 0. The molecule has 2 rings (SSSR count). The van der Waals surface area contributed by atoms with E-state index in [1.807, 2.05) is 4.90 Å². The van der Waals surface area contributed by atoms with E-state index >= 15 is 0 Å². The van der Waals surface area contributed by atoms with E-state index < -0.39 is 0 Å². The molecule has 5 heteroatoms. The fourth-order valence-electron chi connectivity index (χ4n) is 2.81. The Kier molecular flexibility index (Phi) is 3.47. The van der Waals surface area contributed by atoms with Crippen LogP contribution in [0.5, 0.6) is 0 Å². The predicted molar refractivity (Wildman–Crippen MR) is 60.5 cm³/mol. The molecule has 0 atom stereocenters. The zero-order chi connectivity index (χ0) is 11.6. The summed E-state index contributed by atoms with van der Waals surface area (Å²) in [6.07, 6.45) is 3.55. The lowest BCUT2D eigenvalue weighted by Gasteiger charge is -2.37. The Balaban J connectivity index is 1.89. The monoisotopic (exact) mass is 227 g/mol. The maximum Gasteiger partial charge on any atom is 0.250 e. The Morgan fingerprint density at radius 2 is 1.94 bits per heavy atom. The highest BCUT2D eigenvalue weighted by Crippen LogP contribution is 2.39. The van der Waals surface area contributed by atoms with Gasteiger partial charge in [-0.2, -0.15) is 0 Å². The van der Waals surface area contributed by atoms with E-state index in [4.69, 9.17) is 5.90 Å². The number of piperidine rings is 1. The van der Waals surface area contributed by atoms with Crippen LogP contribution in [0.25, 0.3) is 0 Å². The van der Waals surface area contributed by atoms with Crippen LogP contribution in [0.1, 0.15) is 19.3 Å². The quantitative estimate of drug-likeness (QED) is 0.665. The van der Waals surface area contributed by atoms with Crippen LogP contribution >= 0.6 is 0 Å². The molecule has 2 N–H and O–H groups in total. The van der Waals surface area contributed by atoms with Crippen LogP contribution in [0.2, 0.25) is 0 Å². The molecule has 2 heterocycles. The Bertz CT molecular complexity index is 262. The topological polar surface area (TPSA) is 58.8 Å². The van der Waals surface area contributed by atoms with Gasteiger partial charge in [-0.1, -0.05) is 0 Å². The Morgan fingerprint density at radius 1 is 1.31 bits per heavy atom. The summed E-state index contributed by atoms with van der Waals surface area (Å²) in [5, 5.41) is 0. The first-order valence-corrected chi connectivity index (χ1v) is 5.93. The van der Waals surface area contributed by atoms with Crippen LogP contribution in [-0.4, -0.2) is 55.5 Å². The molecule has 0 aliphatic carbocycles. The van der Waals surface area contributed by atoms with Crippen LogP contribution in [0, 0.1) is 5.41 Å². The summed E-state index contributed by atoms with van der Waals surface area (Å²) in [5.41, 5.74) is 0.372. The van der Waals surface area contributed by atoms with Gasteiger partial charge in [-0.15, -0.1) is 0 Å². The van der Waals surface area contributed by atoms with E-state index in [-0.39, 0.29) is 12.5 Å². The minimum Gasteiger partial charge on any atom is -0.340 e. The van der Waals surface area contributed by atoms with E-state index in [0.29, 0.717) is 5.41 Å². The summed E-state index contributed by atoms with van der Waals surface area (Å²) in [4.78, 5) is 20.3. The Morgan fingerprint density at radius 3 is 2.56 bits per heavy atom. The number of nitrogens with two attached hydrogens (primary N) is 1. The van der Waals surface area contributed by atoms with Crippen molar-refractivity contribution in [1.82, 2.24) is 9.80 Å². The predicted octanol–water partition coefficient (Wildman–Crippen LogP) is -0.179. The molecule has 1 spiro atoms. The summed E-state index contributed by atoms with van der Waals surface area (Å²) in [7, 11) is 2.16. The molecule has 0 bridgehead atoms. The van der Waals surface area contributed by atoms with Crippen molar-refractivity contribution in [2.45, 2.75) is 19.3 Å². The number of likely N-dealkylation sites (tertiary alicyclic amines) is 2. The van der Waals surface area contributed by atoms with Gasteiger partial charge in [0.2, 0.25) is 0 Å². The molecular formula is C11H21N3O2. The van der Waals surface area contributed by atoms with E-state index in [2.05, 4.69) is 16.8 Å². The lowest BCUT2D eigenvalue weighted by Crippen LogP contribution is -2.41. The second-order valence-corrected chi connectivity index (χ2v) is 5.18. The Hall–Kier alpha value is -0.650. The molecule has 92 valence electrons. The van der Waals surface area contributed by atoms with Crippen LogP contribution in [0.4, 0.5) is 0 Å². The number of carbonyl (C=O) groups is 1. The molecule has 0 radical (unpaired) electrons. The highest BCUT2D eigenvalue weighted by Gasteiger charge is 2.41. The molecule has 5 nitrogen and oxygen atoms in total. The molecule has 1 amide bonds. The van der Waals surface area contributed by atoms with Crippen molar-refractivity contribution in [3.8, 4) is 0 Å².